The molecule has 4 bridgehead atoms. The van der Waals surface area contributed by atoms with E-state index >= 15 is 0 Å². The van der Waals surface area contributed by atoms with Gasteiger partial charge in [0.1, 0.15) is 0 Å². The molecular weight excluding hydrogens is 212 g/mol. The highest BCUT2D eigenvalue weighted by Crippen LogP contribution is 2.59. The summed E-state index contributed by atoms with van der Waals surface area (Å²) >= 11 is 0. The molecule has 4 aliphatic carbocycles. The van der Waals surface area contributed by atoms with Crippen LogP contribution in [0.4, 0.5) is 0 Å². The van der Waals surface area contributed by atoms with Crippen molar-refractivity contribution < 1.29 is 9.84 Å². The van der Waals surface area contributed by atoms with Crippen LogP contribution in [-0.2, 0) is 4.74 Å². The Hall–Kier alpha value is -0.0800. The van der Waals surface area contributed by atoms with Crippen LogP contribution in [-0.4, -0.2) is 24.4 Å². The van der Waals surface area contributed by atoms with Crippen molar-refractivity contribution in [3.05, 3.63) is 0 Å². The van der Waals surface area contributed by atoms with Gasteiger partial charge in [-0.15, -0.1) is 0 Å². The maximum absolute atomic E-state index is 11.0. The van der Waals surface area contributed by atoms with Gasteiger partial charge >= 0.3 is 0 Å². The van der Waals surface area contributed by atoms with Crippen molar-refractivity contribution in [3.63, 3.8) is 0 Å². The Morgan fingerprint density at radius 2 is 1.59 bits per heavy atom. The van der Waals surface area contributed by atoms with Gasteiger partial charge in [-0.25, -0.2) is 0 Å². The van der Waals surface area contributed by atoms with Crippen molar-refractivity contribution in [2.45, 2.75) is 57.0 Å². The maximum Gasteiger partial charge on any atom is 0.0704 e. The zero-order valence-electron chi connectivity index (χ0n) is 11.0. The van der Waals surface area contributed by atoms with Crippen LogP contribution in [0.1, 0.15) is 51.4 Å². The third-order valence-corrected chi connectivity index (χ3v) is 5.73. The molecular formula is C15H26O2. The minimum Gasteiger partial charge on any atom is -0.389 e. The molecule has 4 aliphatic rings. The quantitative estimate of drug-likeness (QED) is 0.746. The van der Waals surface area contributed by atoms with E-state index in [2.05, 4.69) is 0 Å². The molecule has 2 heteroatoms. The number of aliphatic hydroxyl groups is 1. The summed E-state index contributed by atoms with van der Waals surface area (Å²) in [6.45, 7) is 0.844. The van der Waals surface area contributed by atoms with Crippen LogP contribution < -0.4 is 0 Å². The summed E-state index contributed by atoms with van der Waals surface area (Å²) < 4.78 is 5.10. The van der Waals surface area contributed by atoms with Crippen molar-refractivity contribution >= 4 is 0 Å². The van der Waals surface area contributed by atoms with E-state index in [-0.39, 0.29) is 5.60 Å². The summed E-state index contributed by atoms with van der Waals surface area (Å²) in [7, 11) is 1.76. The van der Waals surface area contributed by atoms with Crippen LogP contribution >= 0.6 is 0 Å². The summed E-state index contributed by atoms with van der Waals surface area (Å²) in [5.74, 6) is 3.16. The topological polar surface area (TPSA) is 29.5 Å². The fourth-order valence-electron chi connectivity index (χ4n) is 5.06. The van der Waals surface area contributed by atoms with Gasteiger partial charge in [-0.3, -0.25) is 0 Å². The van der Waals surface area contributed by atoms with E-state index in [1.807, 2.05) is 0 Å². The molecule has 0 amide bonds. The smallest absolute Gasteiger partial charge is 0.0704 e. The Kier molecular flexibility index (Phi) is 3.20. The summed E-state index contributed by atoms with van der Waals surface area (Å²) in [6, 6.07) is 0. The third kappa shape index (κ3) is 2.04. The van der Waals surface area contributed by atoms with E-state index < -0.39 is 0 Å². The van der Waals surface area contributed by atoms with Crippen molar-refractivity contribution in [3.8, 4) is 0 Å². The normalized spacial score (nSPS) is 47.6. The second-order valence-corrected chi connectivity index (χ2v) is 6.75. The lowest BCUT2D eigenvalue weighted by molar-refractivity contribution is -0.177. The molecule has 0 spiro atoms. The molecule has 17 heavy (non-hydrogen) atoms. The lowest BCUT2D eigenvalue weighted by atomic mass is 9.49. The first-order valence-electron chi connectivity index (χ1n) is 7.43. The van der Waals surface area contributed by atoms with E-state index in [0.717, 1.165) is 37.7 Å². The minimum atomic E-state index is -0.304. The highest BCUT2D eigenvalue weighted by molar-refractivity contribution is 5.06. The minimum absolute atomic E-state index is 0.304. The van der Waals surface area contributed by atoms with Crippen molar-refractivity contribution in [2.75, 3.05) is 13.7 Å². The molecule has 4 fully saturated rings. The summed E-state index contributed by atoms with van der Waals surface area (Å²) in [5.41, 5.74) is -0.304. The molecule has 0 saturated heterocycles. The van der Waals surface area contributed by atoms with Gasteiger partial charge in [0, 0.05) is 13.7 Å². The SMILES string of the molecule is COCCCCC1(O)C2CC3CC(C2)CC1C3. The fourth-order valence-corrected chi connectivity index (χ4v) is 5.06. The molecule has 2 nitrogen and oxygen atoms in total. The number of unbranched alkanes of at least 4 members (excludes halogenated alkanes) is 1. The predicted molar refractivity (Wildman–Crippen MR) is 67.7 cm³/mol. The molecule has 4 rings (SSSR count). The number of methoxy groups -OCH3 is 1. The van der Waals surface area contributed by atoms with Crippen LogP contribution in [0.25, 0.3) is 0 Å². The van der Waals surface area contributed by atoms with Crippen LogP contribution in [0, 0.1) is 23.7 Å². The Labute approximate surface area is 105 Å². The molecule has 0 atom stereocenters. The molecule has 98 valence electrons. The summed E-state index contributed by atoms with van der Waals surface area (Å²) in [6.07, 6.45) is 9.97. The van der Waals surface area contributed by atoms with Gasteiger partial charge in [0.2, 0.25) is 0 Å². The first-order valence-corrected chi connectivity index (χ1v) is 7.43. The zero-order chi connectivity index (χ0) is 11.9. The Morgan fingerprint density at radius 3 is 2.12 bits per heavy atom. The van der Waals surface area contributed by atoms with E-state index in [0.29, 0.717) is 11.8 Å². The van der Waals surface area contributed by atoms with Gasteiger partial charge in [0.15, 0.2) is 0 Å². The van der Waals surface area contributed by atoms with Crippen LogP contribution in [0.2, 0.25) is 0 Å². The highest BCUT2D eigenvalue weighted by Gasteiger charge is 2.55. The van der Waals surface area contributed by atoms with E-state index in [4.69, 9.17) is 4.74 Å². The molecule has 0 aliphatic heterocycles. The van der Waals surface area contributed by atoms with Gasteiger partial charge in [0.05, 0.1) is 5.60 Å². The average Bonchev–Trinajstić information content (AvgIpc) is 2.31. The van der Waals surface area contributed by atoms with Crippen LogP contribution in [0.15, 0.2) is 0 Å². The molecule has 0 aromatic rings. The lowest BCUT2D eigenvalue weighted by Gasteiger charge is -2.59. The molecule has 0 radical (unpaired) electrons. The number of hydrogen-bond donors (Lipinski definition) is 1. The molecule has 0 heterocycles. The Bertz CT molecular complexity index is 246. The molecule has 4 saturated carbocycles. The van der Waals surface area contributed by atoms with Crippen molar-refractivity contribution in [1.29, 1.82) is 0 Å². The standard InChI is InChI=1S/C15H26O2/c1-17-5-3-2-4-15(16)13-7-11-6-12(9-13)10-14(15)8-11/h11-14,16H,2-10H2,1H3. The second kappa shape index (κ2) is 4.55. The first-order chi connectivity index (χ1) is 8.22. The highest BCUT2D eigenvalue weighted by atomic mass is 16.5. The van der Waals surface area contributed by atoms with Gasteiger partial charge in [-0.05, 0) is 75.0 Å². The summed E-state index contributed by atoms with van der Waals surface area (Å²) in [5, 5.41) is 11.0. The first kappa shape index (κ1) is 12.0. The van der Waals surface area contributed by atoms with Crippen molar-refractivity contribution in [1.82, 2.24) is 0 Å². The molecule has 0 aromatic carbocycles. The third-order valence-electron chi connectivity index (χ3n) is 5.73. The van der Waals surface area contributed by atoms with E-state index in [9.17, 15) is 5.11 Å². The number of rotatable bonds is 5. The van der Waals surface area contributed by atoms with Gasteiger partial charge in [-0.1, -0.05) is 0 Å². The monoisotopic (exact) mass is 238 g/mol. The van der Waals surface area contributed by atoms with Crippen molar-refractivity contribution in [2.24, 2.45) is 23.7 Å². The molecule has 1 N–H and O–H groups in total. The largest absolute Gasteiger partial charge is 0.389 e. The van der Waals surface area contributed by atoms with Gasteiger partial charge in [-0.2, -0.15) is 0 Å². The summed E-state index contributed by atoms with van der Waals surface area (Å²) in [4.78, 5) is 0. The van der Waals surface area contributed by atoms with Gasteiger partial charge in [0.25, 0.3) is 0 Å². The van der Waals surface area contributed by atoms with E-state index in [1.165, 1.54) is 32.1 Å². The second-order valence-electron chi connectivity index (χ2n) is 6.75. The Morgan fingerprint density at radius 1 is 1.00 bits per heavy atom. The predicted octanol–water partition coefficient (Wildman–Crippen LogP) is 2.99. The van der Waals surface area contributed by atoms with Gasteiger partial charge < -0.3 is 9.84 Å². The molecule has 0 unspecified atom stereocenters. The fraction of sp³-hybridized carbons (Fsp3) is 1.00. The molecule has 0 aromatic heterocycles. The van der Waals surface area contributed by atoms with Crippen LogP contribution in [0.5, 0.6) is 0 Å². The Balaban J connectivity index is 1.61. The average molecular weight is 238 g/mol. The van der Waals surface area contributed by atoms with E-state index in [1.54, 1.807) is 7.11 Å². The number of hydrogen-bond acceptors (Lipinski definition) is 2. The zero-order valence-corrected chi connectivity index (χ0v) is 11.0. The lowest BCUT2D eigenvalue weighted by Crippen LogP contribution is -2.57. The number of ether oxygens (including phenoxy) is 1. The van der Waals surface area contributed by atoms with Crippen LogP contribution in [0.3, 0.4) is 0 Å². The maximum atomic E-state index is 11.0.